The summed E-state index contributed by atoms with van der Waals surface area (Å²) in [4.78, 5) is 0. The van der Waals surface area contributed by atoms with Gasteiger partial charge in [-0.05, 0) is 42.8 Å². The van der Waals surface area contributed by atoms with Crippen molar-refractivity contribution in [1.29, 1.82) is 5.26 Å². The molecule has 1 aromatic heterocycles. The molecule has 1 heterocycles. The molecular weight excluding hydrogens is 217 g/mol. The maximum atomic E-state index is 13.0. The van der Waals surface area contributed by atoms with E-state index in [9.17, 15) is 4.39 Å². The molecule has 0 aliphatic rings. The lowest BCUT2D eigenvalue weighted by Gasteiger charge is -1.98. The predicted octanol–water partition coefficient (Wildman–Crippen LogP) is 3.79. The second-order valence-electron chi connectivity index (χ2n) is 3.63. The third-order valence-electron chi connectivity index (χ3n) is 2.30. The largest absolute Gasteiger partial charge is 0.462 e. The molecule has 0 saturated heterocycles. The van der Waals surface area contributed by atoms with Gasteiger partial charge in [0.15, 0.2) is 0 Å². The topological polar surface area (TPSA) is 36.9 Å². The normalized spacial score (nSPS) is 11.2. The molecule has 3 heteroatoms. The van der Waals surface area contributed by atoms with Crippen molar-refractivity contribution in [1.82, 2.24) is 0 Å². The molecule has 0 spiro atoms. The van der Waals surface area contributed by atoms with E-state index in [0.29, 0.717) is 16.9 Å². The van der Waals surface area contributed by atoms with Crippen molar-refractivity contribution in [2.75, 3.05) is 0 Å². The second-order valence-corrected chi connectivity index (χ2v) is 3.63. The molecule has 0 atom stereocenters. The second kappa shape index (κ2) is 4.67. The Hall–Kier alpha value is -2.34. The van der Waals surface area contributed by atoms with Crippen LogP contribution in [0.25, 0.3) is 11.6 Å². The minimum Gasteiger partial charge on any atom is -0.462 e. The van der Waals surface area contributed by atoms with Crippen molar-refractivity contribution in [2.45, 2.75) is 6.92 Å². The highest BCUT2D eigenvalue weighted by atomic mass is 19.1. The first kappa shape index (κ1) is 11.2. The molecular formula is C14H10FNO. The third kappa shape index (κ3) is 2.61. The Morgan fingerprint density at radius 1 is 1.35 bits per heavy atom. The van der Waals surface area contributed by atoms with Crippen LogP contribution in [0.4, 0.5) is 4.39 Å². The van der Waals surface area contributed by atoms with Crippen LogP contribution in [0.2, 0.25) is 0 Å². The van der Waals surface area contributed by atoms with Gasteiger partial charge in [0.05, 0.1) is 11.6 Å². The molecule has 2 aromatic rings. The standard InChI is InChI=1S/C14H10FNO/c1-10-5-6-14(17-10)8-12(9-16)11-3-2-4-13(15)7-11/h2-8H,1H3/b12-8-. The average molecular weight is 227 g/mol. The van der Waals surface area contributed by atoms with Crippen molar-refractivity contribution in [3.63, 3.8) is 0 Å². The smallest absolute Gasteiger partial charge is 0.128 e. The first-order chi connectivity index (χ1) is 8.19. The van der Waals surface area contributed by atoms with Crippen LogP contribution in [0.3, 0.4) is 0 Å². The number of nitriles is 1. The molecule has 84 valence electrons. The summed E-state index contributed by atoms with van der Waals surface area (Å²) in [6.45, 7) is 1.82. The van der Waals surface area contributed by atoms with Crippen LogP contribution in [0.1, 0.15) is 17.1 Å². The van der Waals surface area contributed by atoms with E-state index in [1.54, 1.807) is 24.3 Å². The van der Waals surface area contributed by atoms with Crippen LogP contribution < -0.4 is 0 Å². The van der Waals surface area contributed by atoms with Gasteiger partial charge in [-0.3, -0.25) is 0 Å². The Labute approximate surface area is 98.6 Å². The number of nitrogens with zero attached hydrogens (tertiary/aromatic N) is 1. The van der Waals surface area contributed by atoms with Gasteiger partial charge in [0, 0.05) is 0 Å². The van der Waals surface area contributed by atoms with Crippen molar-refractivity contribution in [2.24, 2.45) is 0 Å². The zero-order valence-electron chi connectivity index (χ0n) is 9.27. The van der Waals surface area contributed by atoms with E-state index < -0.39 is 0 Å². The summed E-state index contributed by atoms with van der Waals surface area (Å²) in [5, 5.41) is 9.06. The molecule has 0 unspecified atom stereocenters. The minimum atomic E-state index is -0.362. The van der Waals surface area contributed by atoms with E-state index in [0.717, 1.165) is 5.76 Å². The summed E-state index contributed by atoms with van der Waals surface area (Å²) in [7, 11) is 0. The molecule has 1 aromatic carbocycles. The summed E-state index contributed by atoms with van der Waals surface area (Å²) in [6, 6.07) is 11.5. The number of hydrogen-bond acceptors (Lipinski definition) is 2. The summed E-state index contributed by atoms with van der Waals surface area (Å²) in [5.41, 5.74) is 0.917. The van der Waals surface area contributed by atoms with Crippen LogP contribution in [0.15, 0.2) is 40.8 Å². The molecule has 0 bridgehead atoms. The van der Waals surface area contributed by atoms with Crippen molar-refractivity contribution < 1.29 is 8.81 Å². The highest BCUT2D eigenvalue weighted by molar-refractivity contribution is 5.88. The molecule has 0 radical (unpaired) electrons. The number of rotatable bonds is 2. The molecule has 0 saturated carbocycles. The lowest BCUT2D eigenvalue weighted by atomic mass is 10.1. The van der Waals surface area contributed by atoms with Crippen LogP contribution in [0.5, 0.6) is 0 Å². The van der Waals surface area contributed by atoms with E-state index in [-0.39, 0.29) is 5.82 Å². The molecule has 2 rings (SSSR count). The Bertz CT molecular complexity index is 605. The van der Waals surface area contributed by atoms with E-state index in [1.165, 1.54) is 12.1 Å². The quantitative estimate of drug-likeness (QED) is 0.732. The minimum absolute atomic E-state index is 0.362. The number of benzene rings is 1. The fourth-order valence-corrected chi connectivity index (χ4v) is 1.51. The maximum absolute atomic E-state index is 13.0. The summed E-state index contributed by atoms with van der Waals surface area (Å²) >= 11 is 0. The summed E-state index contributed by atoms with van der Waals surface area (Å²) in [5.74, 6) is 0.996. The molecule has 0 aliphatic carbocycles. The Balaban J connectivity index is 2.41. The number of allylic oxidation sites excluding steroid dienone is 1. The van der Waals surface area contributed by atoms with Gasteiger partial charge >= 0.3 is 0 Å². The van der Waals surface area contributed by atoms with Gasteiger partial charge in [0.2, 0.25) is 0 Å². The molecule has 0 N–H and O–H groups in total. The molecule has 0 amide bonds. The van der Waals surface area contributed by atoms with Gasteiger partial charge in [-0.25, -0.2) is 4.39 Å². The van der Waals surface area contributed by atoms with Gasteiger partial charge in [-0.1, -0.05) is 12.1 Å². The first-order valence-corrected chi connectivity index (χ1v) is 5.13. The number of hydrogen-bond donors (Lipinski definition) is 0. The van der Waals surface area contributed by atoms with E-state index in [1.807, 2.05) is 19.1 Å². The monoisotopic (exact) mass is 227 g/mol. The predicted molar refractivity (Wildman–Crippen MR) is 63.3 cm³/mol. The Morgan fingerprint density at radius 2 is 2.18 bits per heavy atom. The van der Waals surface area contributed by atoms with Gasteiger partial charge in [-0.2, -0.15) is 5.26 Å². The fourth-order valence-electron chi connectivity index (χ4n) is 1.51. The molecule has 0 aliphatic heterocycles. The molecule has 0 fully saturated rings. The Kier molecular flexibility index (Phi) is 3.06. The third-order valence-corrected chi connectivity index (χ3v) is 2.30. The number of furan rings is 1. The number of halogens is 1. The van der Waals surface area contributed by atoms with Crippen molar-refractivity contribution in [3.05, 3.63) is 59.3 Å². The summed E-state index contributed by atoms with van der Waals surface area (Å²) < 4.78 is 18.4. The lowest BCUT2D eigenvalue weighted by molar-refractivity contribution is 0.525. The van der Waals surface area contributed by atoms with E-state index >= 15 is 0 Å². The van der Waals surface area contributed by atoms with Crippen LogP contribution in [-0.4, -0.2) is 0 Å². The highest BCUT2D eigenvalue weighted by Gasteiger charge is 2.04. The van der Waals surface area contributed by atoms with Crippen LogP contribution in [0, 0.1) is 24.1 Å². The lowest BCUT2D eigenvalue weighted by Crippen LogP contribution is -1.83. The first-order valence-electron chi connectivity index (χ1n) is 5.13. The zero-order valence-corrected chi connectivity index (χ0v) is 9.27. The molecule has 2 nitrogen and oxygen atoms in total. The maximum Gasteiger partial charge on any atom is 0.128 e. The van der Waals surface area contributed by atoms with Gasteiger partial charge < -0.3 is 4.42 Å². The highest BCUT2D eigenvalue weighted by Crippen LogP contribution is 2.19. The van der Waals surface area contributed by atoms with Gasteiger partial charge in [0.1, 0.15) is 17.3 Å². The summed E-state index contributed by atoms with van der Waals surface area (Å²) in [6.07, 6.45) is 1.60. The van der Waals surface area contributed by atoms with Gasteiger partial charge in [0.25, 0.3) is 0 Å². The van der Waals surface area contributed by atoms with E-state index in [4.69, 9.17) is 9.68 Å². The van der Waals surface area contributed by atoms with Crippen molar-refractivity contribution >= 4 is 11.6 Å². The van der Waals surface area contributed by atoms with Crippen LogP contribution >= 0.6 is 0 Å². The SMILES string of the molecule is Cc1ccc(/C=C(/C#N)c2cccc(F)c2)o1. The van der Waals surface area contributed by atoms with Crippen LogP contribution in [-0.2, 0) is 0 Å². The fraction of sp³-hybridized carbons (Fsp3) is 0.0714. The average Bonchev–Trinajstić information content (AvgIpc) is 2.72. The molecule has 17 heavy (non-hydrogen) atoms. The van der Waals surface area contributed by atoms with Crippen molar-refractivity contribution in [3.8, 4) is 6.07 Å². The van der Waals surface area contributed by atoms with Gasteiger partial charge in [-0.15, -0.1) is 0 Å². The zero-order chi connectivity index (χ0) is 12.3. The van der Waals surface area contributed by atoms with E-state index in [2.05, 4.69) is 0 Å². The number of aryl methyl sites for hydroxylation is 1. The Morgan fingerprint density at radius 3 is 2.76 bits per heavy atom.